The first kappa shape index (κ1) is 32.2. The molecule has 4 rings (SSSR count). The molecule has 230 valence electrons. The van der Waals surface area contributed by atoms with Crippen LogP contribution in [0.5, 0.6) is 0 Å². The van der Waals surface area contributed by atoms with E-state index in [-0.39, 0.29) is 22.0 Å². The minimum atomic E-state index is -4.99. The number of rotatable bonds is 6. The highest BCUT2D eigenvalue weighted by molar-refractivity contribution is 8.18. The molecule has 1 N–H and O–H groups in total. The summed E-state index contributed by atoms with van der Waals surface area (Å²) in [5, 5.41) is 5.28. The first-order chi connectivity index (χ1) is 19.8. The molecule has 1 unspecified atom stereocenters. The lowest BCUT2D eigenvalue weighted by Crippen LogP contribution is -2.53. The van der Waals surface area contributed by atoms with Crippen LogP contribution >= 0.6 is 23.4 Å². The van der Waals surface area contributed by atoms with E-state index in [2.05, 4.69) is 5.10 Å². The van der Waals surface area contributed by atoms with Crippen LogP contribution < -0.4 is 5.32 Å². The molecule has 1 atom stereocenters. The number of halogens is 7. The summed E-state index contributed by atoms with van der Waals surface area (Å²) in [6.45, 7) is 3.00. The molecule has 2 heterocycles. The Labute approximate surface area is 250 Å². The maximum absolute atomic E-state index is 13.6. The van der Waals surface area contributed by atoms with Gasteiger partial charge in [0, 0.05) is 10.4 Å². The van der Waals surface area contributed by atoms with Crippen molar-refractivity contribution in [3.05, 3.63) is 69.2 Å². The van der Waals surface area contributed by atoms with Gasteiger partial charge < -0.3 is 10.1 Å². The number of alkyl carbamates (subject to hydrolysis) is 1. The Bertz CT molecular complexity index is 1610. The van der Waals surface area contributed by atoms with Gasteiger partial charge in [-0.05, 0) is 74.0 Å². The summed E-state index contributed by atoms with van der Waals surface area (Å²) in [4.78, 5) is 37.5. The molecule has 1 aliphatic rings. The molecule has 1 aromatic heterocycles. The first-order valence-electron chi connectivity index (χ1n) is 12.4. The SMILES string of the molecule is CC(C)(C)OC(=O)NC(CN1C(=O)S/C(=C\c2ccc3c(cnn3Cc3ccc(Cl)cc3C(F)(F)F)c2)C1=O)C(F)(F)F. The zero-order valence-electron chi connectivity index (χ0n) is 22.6. The topological polar surface area (TPSA) is 93.5 Å². The van der Waals surface area contributed by atoms with Gasteiger partial charge in [-0.15, -0.1) is 0 Å². The Morgan fingerprint density at radius 3 is 2.42 bits per heavy atom. The summed E-state index contributed by atoms with van der Waals surface area (Å²) in [5.41, 5.74) is -1.18. The first-order valence-corrected chi connectivity index (χ1v) is 13.6. The Balaban J connectivity index is 1.53. The number of thioether (sulfide) groups is 1. The van der Waals surface area contributed by atoms with Crippen LogP contribution in [0.2, 0.25) is 5.02 Å². The monoisotopic (exact) mass is 648 g/mol. The second-order valence-electron chi connectivity index (χ2n) is 10.5. The molecule has 8 nitrogen and oxygen atoms in total. The number of hydrogen-bond donors (Lipinski definition) is 1. The number of hydrogen-bond acceptors (Lipinski definition) is 6. The Morgan fingerprint density at radius 1 is 1.09 bits per heavy atom. The molecule has 43 heavy (non-hydrogen) atoms. The van der Waals surface area contributed by atoms with Gasteiger partial charge in [0.2, 0.25) is 0 Å². The zero-order valence-corrected chi connectivity index (χ0v) is 24.2. The minimum Gasteiger partial charge on any atom is -0.444 e. The number of carbonyl (C=O) groups excluding carboxylic acids is 3. The second kappa shape index (κ2) is 11.8. The third-order valence-corrected chi connectivity index (χ3v) is 7.13. The van der Waals surface area contributed by atoms with Crippen LogP contribution in [0, 0.1) is 0 Å². The number of fused-ring (bicyclic) bond motifs is 1. The third-order valence-electron chi connectivity index (χ3n) is 5.99. The second-order valence-corrected chi connectivity index (χ2v) is 11.9. The summed E-state index contributed by atoms with van der Waals surface area (Å²) in [6.07, 6.45) is -8.29. The Kier molecular flexibility index (Phi) is 8.80. The molecular formula is C27H23ClF6N4O4S. The number of carbonyl (C=O) groups is 3. The predicted octanol–water partition coefficient (Wildman–Crippen LogP) is 7.25. The lowest BCUT2D eigenvalue weighted by atomic mass is 10.1. The minimum absolute atomic E-state index is 0.0574. The van der Waals surface area contributed by atoms with Gasteiger partial charge in [0.05, 0.1) is 35.3 Å². The van der Waals surface area contributed by atoms with Crippen LogP contribution in [0.3, 0.4) is 0 Å². The van der Waals surface area contributed by atoms with Crippen molar-refractivity contribution in [2.75, 3.05) is 6.54 Å². The maximum atomic E-state index is 13.6. The molecule has 1 aliphatic heterocycles. The van der Waals surface area contributed by atoms with Crippen LogP contribution in [0.4, 0.5) is 35.9 Å². The molecule has 0 saturated carbocycles. The fraction of sp³-hybridized carbons (Fsp3) is 0.333. The highest BCUT2D eigenvalue weighted by Crippen LogP contribution is 2.36. The summed E-state index contributed by atoms with van der Waals surface area (Å²) in [6, 6.07) is 5.48. The summed E-state index contributed by atoms with van der Waals surface area (Å²) in [7, 11) is 0. The standard InChI is InChI=1S/C27H23ClF6N4O4S/c1-25(2,3)42-23(40)36-21(27(32,33)34)13-37-22(39)20(43-24(37)41)9-14-4-7-19-16(8-14)11-35-38(19)12-15-5-6-17(28)10-18(15)26(29,30)31/h4-11,21H,12-13H2,1-3H3,(H,36,40)/b20-9-. The molecule has 3 aromatic rings. The average molecular weight is 649 g/mol. The van der Waals surface area contributed by atoms with Crippen molar-refractivity contribution in [1.82, 2.24) is 20.0 Å². The summed E-state index contributed by atoms with van der Waals surface area (Å²) < 4.78 is 87.7. The van der Waals surface area contributed by atoms with Crippen LogP contribution in [-0.4, -0.2) is 56.3 Å². The predicted molar refractivity (Wildman–Crippen MR) is 147 cm³/mol. The van der Waals surface area contributed by atoms with Crippen molar-refractivity contribution in [1.29, 1.82) is 0 Å². The Morgan fingerprint density at radius 2 is 1.79 bits per heavy atom. The molecule has 0 radical (unpaired) electrons. The molecule has 3 amide bonds. The number of ether oxygens (including phenoxy) is 1. The maximum Gasteiger partial charge on any atom is 0.416 e. The van der Waals surface area contributed by atoms with E-state index in [0.29, 0.717) is 33.1 Å². The lowest BCUT2D eigenvalue weighted by Gasteiger charge is -2.27. The van der Waals surface area contributed by atoms with Crippen LogP contribution in [-0.2, 0) is 22.3 Å². The highest BCUT2D eigenvalue weighted by atomic mass is 35.5. The van der Waals surface area contributed by atoms with Gasteiger partial charge in [0.25, 0.3) is 11.1 Å². The number of benzene rings is 2. The van der Waals surface area contributed by atoms with E-state index in [9.17, 15) is 40.7 Å². The van der Waals surface area contributed by atoms with E-state index in [1.807, 2.05) is 0 Å². The van der Waals surface area contributed by atoms with Crippen molar-refractivity contribution in [2.45, 2.75) is 51.3 Å². The number of nitrogens with zero attached hydrogens (tertiary/aromatic N) is 3. The van der Waals surface area contributed by atoms with Gasteiger partial charge >= 0.3 is 18.4 Å². The van der Waals surface area contributed by atoms with Crippen LogP contribution in [0.1, 0.15) is 37.5 Å². The van der Waals surface area contributed by atoms with E-state index in [1.54, 1.807) is 17.4 Å². The normalized spacial score (nSPS) is 16.3. The van der Waals surface area contributed by atoms with Crippen molar-refractivity contribution in [2.24, 2.45) is 0 Å². The van der Waals surface area contributed by atoms with E-state index in [1.165, 1.54) is 55.9 Å². The zero-order chi connectivity index (χ0) is 31.9. The Hall–Kier alpha value is -3.72. The van der Waals surface area contributed by atoms with Gasteiger partial charge in [-0.1, -0.05) is 23.7 Å². The quantitative estimate of drug-likeness (QED) is 0.224. The number of nitrogens with one attached hydrogen (secondary N) is 1. The van der Waals surface area contributed by atoms with Gasteiger partial charge in [-0.2, -0.15) is 31.4 Å². The van der Waals surface area contributed by atoms with Crippen LogP contribution in [0.25, 0.3) is 17.0 Å². The van der Waals surface area contributed by atoms with Crippen molar-refractivity contribution < 1.29 is 45.5 Å². The molecule has 0 spiro atoms. The average Bonchev–Trinajstić information content (AvgIpc) is 3.37. The van der Waals surface area contributed by atoms with Crippen molar-refractivity contribution >= 4 is 57.6 Å². The summed E-state index contributed by atoms with van der Waals surface area (Å²) >= 11 is 6.18. The van der Waals surface area contributed by atoms with E-state index < -0.39 is 53.3 Å². The molecule has 0 bridgehead atoms. The molecule has 1 fully saturated rings. The van der Waals surface area contributed by atoms with Crippen LogP contribution in [0.15, 0.2) is 47.5 Å². The molecule has 1 saturated heterocycles. The van der Waals surface area contributed by atoms with Gasteiger partial charge in [-0.3, -0.25) is 19.2 Å². The fourth-order valence-corrected chi connectivity index (χ4v) is 5.13. The molecule has 2 aromatic carbocycles. The van der Waals surface area contributed by atoms with E-state index in [4.69, 9.17) is 16.3 Å². The molecule has 16 heteroatoms. The third kappa shape index (κ3) is 7.82. The number of alkyl halides is 6. The smallest absolute Gasteiger partial charge is 0.416 e. The van der Waals surface area contributed by atoms with Crippen molar-refractivity contribution in [3.8, 4) is 0 Å². The highest BCUT2D eigenvalue weighted by Gasteiger charge is 2.46. The fourth-order valence-electron chi connectivity index (χ4n) is 4.11. The largest absolute Gasteiger partial charge is 0.444 e. The van der Waals surface area contributed by atoms with Gasteiger partial charge in [0.15, 0.2) is 0 Å². The number of aromatic nitrogens is 2. The number of imide groups is 1. The van der Waals surface area contributed by atoms with E-state index >= 15 is 0 Å². The molecular weight excluding hydrogens is 626 g/mol. The lowest BCUT2D eigenvalue weighted by molar-refractivity contribution is -0.158. The number of amides is 3. The van der Waals surface area contributed by atoms with Gasteiger partial charge in [-0.25, -0.2) is 4.79 Å². The van der Waals surface area contributed by atoms with E-state index in [0.717, 1.165) is 6.07 Å². The van der Waals surface area contributed by atoms with Crippen molar-refractivity contribution in [3.63, 3.8) is 0 Å². The van der Waals surface area contributed by atoms with Gasteiger partial charge in [0.1, 0.15) is 11.6 Å². The summed E-state index contributed by atoms with van der Waals surface area (Å²) in [5.74, 6) is -0.992. The molecule has 0 aliphatic carbocycles.